The molecule has 1 unspecified atom stereocenters. The summed E-state index contributed by atoms with van der Waals surface area (Å²) in [5.74, 6) is -0.522. The summed E-state index contributed by atoms with van der Waals surface area (Å²) in [5, 5.41) is 5.56. The molecule has 0 saturated heterocycles. The minimum Gasteiger partial charge on any atom is -0.452 e. The maximum Gasteiger partial charge on any atom is 0.412 e. The van der Waals surface area contributed by atoms with Crippen LogP contribution in [0.25, 0.3) is 0 Å². The Kier molecular flexibility index (Phi) is 6.95. The van der Waals surface area contributed by atoms with E-state index in [1.807, 2.05) is 30.3 Å². The normalized spacial score (nSPS) is 14.3. The van der Waals surface area contributed by atoms with Gasteiger partial charge in [0.15, 0.2) is 6.61 Å². The molecule has 1 saturated carbocycles. The molecule has 3 rings (SSSR count). The van der Waals surface area contributed by atoms with Crippen molar-refractivity contribution in [3.8, 4) is 0 Å². The first-order valence-corrected chi connectivity index (χ1v) is 10.3. The number of amides is 2. The molecule has 2 aromatic carbocycles. The third-order valence-electron chi connectivity index (χ3n) is 4.67. The number of hydrogen-bond acceptors (Lipinski definition) is 5. The Morgan fingerprint density at radius 3 is 2.23 bits per heavy atom. The lowest BCUT2D eigenvalue weighted by molar-refractivity contribution is -0.125. The lowest BCUT2D eigenvalue weighted by Gasteiger charge is -2.19. The summed E-state index contributed by atoms with van der Waals surface area (Å²) >= 11 is 0. The molecular weight excluding hydrogens is 396 g/mol. The van der Waals surface area contributed by atoms with Crippen LogP contribution in [0.4, 0.5) is 10.5 Å². The van der Waals surface area contributed by atoms with Gasteiger partial charge >= 0.3 is 12.1 Å². The van der Waals surface area contributed by atoms with Crippen LogP contribution in [0.1, 0.15) is 55.6 Å². The summed E-state index contributed by atoms with van der Waals surface area (Å²) in [6, 6.07) is 15.9. The second-order valence-corrected chi connectivity index (χ2v) is 8.57. The van der Waals surface area contributed by atoms with Crippen molar-refractivity contribution in [3.63, 3.8) is 0 Å². The van der Waals surface area contributed by atoms with E-state index in [4.69, 9.17) is 9.47 Å². The van der Waals surface area contributed by atoms with Crippen LogP contribution in [0.2, 0.25) is 0 Å². The third-order valence-corrected chi connectivity index (χ3v) is 4.67. The topological polar surface area (TPSA) is 93.7 Å². The van der Waals surface area contributed by atoms with Gasteiger partial charge < -0.3 is 14.8 Å². The molecule has 31 heavy (non-hydrogen) atoms. The largest absolute Gasteiger partial charge is 0.452 e. The van der Waals surface area contributed by atoms with Crippen molar-refractivity contribution in [2.45, 2.75) is 45.3 Å². The Morgan fingerprint density at radius 2 is 1.65 bits per heavy atom. The van der Waals surface area contributed by atoms with E-state index in [-0.39, 0.29) is 24.1 Å². The molecule has 7 nitrogen and oxygen atoms in total. The molecule has 2 aromatic rings. The molecule has 7 heteroatoms. The fourth-order valence-electron chi connectivity index (χ4n) is 3.10. The van der Waals surface area contributed by atoms with E-state index in [1.165, 1.54) is 12.1 Å². The van der Waals surface area contributed by atoms with E-state index in [2.05, 4.69) is 10.6 Å². The van der Waals surface area contributed by atoms with Gasteiger partial charge in [0.05, 0.1) is 11.6 Å². The number of carbonyl (C=O) groups is 3. The number of carbonyl (C=O) groups excluding carboxylic acids is 3. The first kappa shape index (κ1) is 22.3. The lowest BCUT2D eigenvalue weighted by Crippen LogP contribution is -2.33. The second kappa shape index (κ2) is 9.64. The molecule has 1 fully saturated rings. The van der Waals surface area contributed by atoms with Gasteiger partial charge in [-0.1, -0.05) is 30.3 Å². The highest BCUT2D eigenvalue weighted by molar-refractivity contribution is 5.92. The van der Waals surface area contributed by atoms with Gasteiger partial charge in [-0.25, -0.2) is 9.59 Å². The van der Waals surface area contributed by atoms with Crippen molar-refractivity contribution in [3.05, 3.63) is 65.7 Å². The van der Waals surface area contributed by atoms with Crippen molar-refractivity contribution in [1.29, 1.82) is 0 Å². The molecule has 0 radical (unpaired) electrons. The fraction of sp³-hybridized carbons (Fsp3) is 0.375. The monoisotopic (exact) mass is 424 g/mol. The number of nitrogens with one attached hydrogen (secondary N) is 2. The van der Waals surface area contributed by atoms with Crippen molar-refractivity contribution in [1.82, 2.24) is 5.32 Å². The number of benzene rings is 2. The third kappa shape index (κ3) is 7.13. The van der Waals surface area contributed by atoms with Crippen molar-refractivity contribution in [2.75, 3.05) is 11.9 Å². The number of anilines is 1. The van der Waals surface area contributed by atoms with Crippen molar-refractivity contribution < 1.29 is 23.9 Å². The summed E-state index contributed by atoms with van der Waals surface area (Å²) in [6.45, 7) is 4.96. The maximum absolute atomic E-state index is 12.3. The number of ether oxygens (including phenoxy) is 2. The van der Waals surface area contributed by atoms with Crippen LogP contribution < -0.4 is 10.6 Å². The molecule has 2 amide bonds. The van der Waals surface area contributed by atoms with Crippen LogP contribution in [0.3, 0.4) is 0 Å². The summed E-state index contributed by atoms with van der Waals surface area (Å²) in [5.41, 5.74) is 1.22. The molecule has 1 atom stereocenters. The molecule has 0 aromatic heterocycles. The quantitative estimate of drug-likeness (QED) is 0.640. The lowest BCUT2D eigenvalue weighted by atomic mass is 10.0. The number of esters is 1. The summed E-state index contributed by atoms with van der Waals surface area (Å²) in [7, 11) is 0. The SMILES string of the molecule is CC(C)(C)OC(=O)Nc1ccc(C(=O)OCC(=O)NC(c2ccccc2)C2CC2)cc1. The molecule has 1 aliphatic rings. The van der Waals surface area contributed by atoms with E-state index in [1.54, 1.807) is 32.9 Å². The molecule has 164 valence electrons. The van der Waals surface area contributed by atoms with E-state index in [0.29, 0.717) is 11.6 Å². The van der Waals surface area contributed by atoms with E-state index in [9.17, 15) is 14.4 Å². The van der Waals surface area contributed by atoms with Gasteiger partial charge in [-0.15, -0.1) is 0 Å². The maximum atomic E-state index is 12.3. The predicted octanol–water partition coefficient (Wildman–Crippen LogP) is 4.46. The van der Waals surface area contributed by atoms with E-state index in [0.717, 1.165) is 18.4 Å². The Bertz CT molecular complexity index is 915. The smallest absolute Gasteiger partial charge is 0.412 e. The molecular formula is C24H28N2O5. The summed E-state index contributed by atoms with van der Waals surface area (Å²) < 4.78 is 10.3. The minimum atomic E-state index is -0.610. The van der Waals surface area contributed by atoms with Crippen LogP contribution in [0.15, 0.2) is 54.6 Å². The molecule has 0 heterocycles. The number of rotatable bonds is 7. The molecule has 2 N–H and O–H groups in total. The Hall–Kier alpha value is -3.35. The number of hydrogen-bond donors (Lipinski definition) is 2. The van der Waals surface area contributed by atoms with E-state index >= 15 is 0 Å². The fourth-order valence-corrected chi connectivity index (χ4v) is 3.10. The van der Waals surface area contributed by atoms with Gasteiger partial charge in [-0.05, 0) is 69.4 Å². The van der Waals surface area contributed by atoms with Crippen molar-refractivity contribution in [2.24, 2.45) is 5.92 Å². The van der Waals surface area contributed by atoms with Crippen LogP contribution in [-0.4, -0.2) is 30.2 Å². The van der Waals surface area contributed by atoms with Crippen molar-refractivity contribution >= 4 is 23.7 Å². The summed E-state index contributed by atoms with van der Waals surface area (Å²) in [4.78, 5) is 36.4. The van der Waals surface area contributed by atoms with Crippen LogP contribution in [-0.2, 0) is 14.3 Å². The summed E-state index contributed by atoms with van der Waals surface area (Å²) in [6.07, 6.45) is 1.57. The first-order chi connectivity index (χ1) is 14.7. The van der Waals surface area contributed by atoms with Gasteiger partial charge in [0.2, 0.25) is 0 Å². The van der Waals surface area contributed by atoms with E-state index < -0.39 is 17.7 Å². The van der Waals surface area contributed by atoms with Crippen LogP contribution in [0.5, 0.6) is 0 Å². The zero-order valence-electron chi connectivity index (χ0n) is 18.0. The molecule has 1 aliphatic carbocycles. The predicted molar refractivity (Wildman–Crippen MR) is 117 cm³/mol. The second-order valence-electron chi connectivity index (χ2n) is 8.57. The highest BCUT2D eigenvalue weighted by Crippen LogP contribution is 2.40. The van der Waals surface area contributed by atoms with Crippen LogP contribution >= 0.6 is 0 Å². The Labute approximate surface area is 182 Å². The Morgan fingerprint density at radius 1 is 1.00 bits per heavy atom. The van der Waals surface area contributed by atoms with Crippen LogP contribution in [0, 0.1) is 5.92 Å². The molecule has 0 spiro atoms. The zero-order chi connectivity index (χ0) is 22.4. The van der Waals surface area contributed by atoms with Gasteiger partial charge in [-0.2, -0.15) is 0 Å². The first-order valence-electron chi connectivity index (χ1n) is 10.3. The molecule has 0 aliphatic heterocycles. The van der Waals surface area contributed by atoms with Gasteiger partial charge in [-0.3, -0.25) is 10.1 Å². The minimum absolute atomic E-state index is 0.0642. The average molecular weight is 424 g/mol. The zero-order valence-corrected chi connectivity index (χ0v) is 18.0. The van der Waals surface area contributed by atoms with Gasteiger partial charge in [0, 0.05) is 5.69 Å². The Balaban J connectivity index is 1.48. The standard InChI is InChI=1S/C24H28N2O5/c1-24(2,3)31-23(29)25-19-13-11-18(12-14-19)22(28)30-15-20(27)26-21(17-9-10-17)16-7-5-4-6-8-16/h4-8,11-14,17,21H,9-10,15H2,1-3H3,(H,25,29)(H,26,27). The molecule has 0 bridgehead atoms. The highest BCUT2D eigenvalue weighted by atomic mass is 16.6. The van der Waals surface area contributed by atoms with Gasteiger partial charge in [0.1, 0.15) is 5.60 Å². The van der Waals surface area contributed by atoms with Gasteiger partial charge in [0.25, 0.3) is 5.91 Å². The average Bonchev–Trinajstić information content (AvgIpc) is 3.55. The highest BCUT2D eigenvalue weighted by Gasteiger charge is 2.33.